The summed E-state index contributed by atoms with van der Waals surface area (Å²) in [4.78, 5) is 41.0. The van der Waals surface area contributed by atoms with Crippen molar-refractivity contribution >= 4 is 40.7 Å². The van der Waals surface area contributed by atoms with Crippen molar-refractivity contribution < 1.29 is 34.1 Å². The van der Waals surface area contributed by atoms with E-state index >= 15 is 0 Å². The maximum atomic E-state index is 14.3. The van der Waals surface area contributed by atoms with Crippen molar-refractivity contribution in [2.45, 2.75) is 129 Å². The van der Waals surface area contributed by atoms with E-state index in [0.29, 0.717) is 51.0 Å². The van der Waals surface area contributed by atoms with Crippen molar-refractivity contribution in [2.24, 2.45) is 23.2 Å². The van der Waals surface area contributed by atoms with Gasteiger partial charge in [0, 0.05) is 37.1 Å². The minimum Gasteiger partial charge on any atom is -0.493 e. The fourth-order valence-corrected chi connectivity index (χ4v) is 9.18. The fourth-order valence-electron chi connectivity index (χ4n) is 8.42. The number of halogens is 1. The van der Waals surface area contributed by atoms with Gasteiger partial charge in [0.15, 0.2) is 11.5 Å². The largest absolute Gasteiger partial charge is 0.493 e. The molecule has 0 aromatic heterocycles. The molecule has 1 aromatic rings. The number of nitrogens with one attached hydrogen (secondary N) is 1. The first-order valence-electron chi connectivity index (χ1n) is 18.6. The fraction of sp³-hybridized carbons (Fsp3) is 0.718. The van der Waals surface area contributed by atoms with Crippen LogP contribution < -0.4 is 14.8 Å². The summed E-state index contributed by atoms with van der Waals surface area (Å²) >= 11 is 2.07. The smallest absolute Gasteiger partial charge is 0.247 e. The predicted octanol–water partition coefficient (Wildman–Crippen LogP) is 6.85. The lowest BCUT2D eigenvalue weighted by atomic mass is 9.45. The van der Waals surface area contributed by atoms with Gasteiger partial charge in [-0.05, 0) is 89.7 Å². The molecular weight excluding hydrogens is 735 g/mol. The van der Waals surface area contributed by atoms with Crippen molar-refractivity contribution in [3.05, 3.63) is 32.9 Å². The molecule has 0 heterocycles. The van der Waals surface area contributed by atoms with Gasteiger partial charge in [-0.1, -0.05) is 72.1 Å². The summed E-state index contributed by atoms with van der Waals surface area (Å²) in [5, 5.41) is 24.2. The molecule has 49 heavy (non-hydrogen) atoms. The van der Waals surface area contributed by atoms with E-state index in [1.165, 1.54) is 52.1 Å². The molecule has 4 aliphatic carbocycles. The second kappa shape index (κ2) is 18.9. The van der Waals surface area contributed by atoms with E-state index in [1.807, 2.05) is 4.90 Å². The van der Waals surface area contributed by atoms with Crippen LogP contribution in [0, 0.1) is 26.7 Å². The van der Waals surface area contributed by atoms with Crippen LogP contribution in [0.1, 0.15) is 121 Å². The Morgan fingerprint density at radius 3 is 2.39 bits per heavy atom. The molecule has 3 saturated carbocycles. The maximum absolute atomic E-state index is 14.3. The van der Waals surface area contributed by atoms with Gasteiger partial charge in [-0.15, -0.1) is 0 Å². The molecule has 10 heteroatoms. The van der Waals surface area contributed by atoms with Gasteiger partial charge in [-0.25, -0.2) is 0 Å². The molecule has 274 valence electrons. The molecule has 4 aliphatic rings. The summed E-state index contributed by atoms with van der Waals surface area (Å²) in [6, 6.07) is 2.58. The summed E-state index contributed by atoms with van der Waals surface area (Å²) in [6.07, 6.45) is 14.7. The number of aliphatic hydroxyl groups is 2. The van der Waals surface area contributed by atoms with Gasteiger partial charge in [0.2, 0.25) is 11.8 Å². The molecule has 6 atom stereocenters. The van der Waals surface area contributed by atoms with Crippen molar-refractivity contribution in [1.29, 1.82) is 0 Å². The Bertz CT molecular complexity index is 1300. The molecule has 5 rings (SSSR count). The molecule has 1 aromatic carbocycles. The number of hydrogen-bond donors (Lipinski definition) is 3. The molecule has 2 bridgehead atoms. The number of unbranched alkanes of at least 4 members (excludes halogenated alkanes) is 8. The zero-order valence-electron chi connectivity index (χ0n) is 30.1. The highest BCUT2D eigenvalue weighted by Crippen LogP contribution is 2.61. The van der Waals surface area contributed by atoms with Crippen LogP contribution in [0.5, 0.6) is 11.5 Å². The number of ether oxygens (including phenoxy) is 2. The maximum Gasteiger partial charge on any atom is 0.247 e. The highest BCUT2D eigenvalue weighted by Gasteiger charge is 2.55. The quantitative estimate of drug-likeness (QED) is 0.0750. The first kappa shape index (κ1) is 39.6. The standard InChI is InChI=1S/C39H59IN2O7/c1-5-6-7-8-9-10-11-12-13-14-35(45)42(24-27-15-16-29-23-30(27)39(29,2)3)32-21-28(38(47)41-17-18-43)22-33(36(32)46)49-37-31(40)19-26(25-44)20-34(37)48-4/h19-20,22,25,27,29-30,32-33,36,43,46H,5-18,21,23-24H2,1-4H3,(H,41,47). The highest BCUT2D eigenvalue weighted by atomic mass is 127. The van der Waals surface area contributed by atoms with E-state index in [2.05, 4.69) is 48.7 Å². The molecule has 6 unspecified atom stereocenters. The van der Waals surface area contributed by atoms with E-state index in [4.69, 9.17) is 9.47 Å². The molecule has 0 saturated heterocycles. The average molecular weight is 795 g/mol. The van der Waals surface area contributed by atoms with Crippen molar-refractivity contribution in [3.63, 3.8) is 0 Å². The van der Waals surface area contributed by atoms with Crippen molar-refractivity contribution in [2.75, 3.05) is 26.8 Å². The van der Waals surface area contributed by atoms with E-state index in [0.717, 1.165) is 44.3 Å². The molecule has 9 nitrogen and oxygen atoms in total. The van der Waals surface area contributed by atoms with Crippen LogP contribution in [0.25, 0.3) is 0 Å². The molecule has 3 fully saturated rings. The number of methoxy groups -OCH3 is 1. The summed E-state index contributed by atoms with van der Waals surface area (Å²) in [5.41, 5.74) is 1.07. The minimum absolute atomic E-state index is 0.0181. The first-order valence-corrected chi connectivity index (χ1v) is 19.7. The lowest BCUT2D eigenvalue weighted by Crippen LogP contribution is -2.59. The summed E-state index contributed by atoms with van der Waals surface area (Å²) in [6.45, 7) is 7.37. The molecule has 0 spiro atoms. The van der Waals surface area contributed by atoms with Gasteiger partial charge in [-0.2, -0.15) is 0 Å². The van der Waals surface area contributed by atoms with Crippen LogP contribution in [-0.2, 0) is 9.59 Å². The first-order chi connectivity index (χ1) is 23.5. The zero-order valence-corrected chi connectivity index (χ0v) is 32.2. The van der Waals surface area contributed by atoms with Crippen LogP contribution in [0.3, 0.4) is 0 Å². The van der Waals surface area contributed by atoms with Gasteiger partial charge in [0.05, 0.1) is 23.3 Å². The number of benzene rings is 1. The molecular formula is C39H59IN2O7. The topological polar surface area (TPSA) is 125 Å². The normalized spacial score (nSPS) is 25.5. The second-order valence-corrected chi connectivity index (χ2v) is 16.2. The highest BCUT2D eigenvalue weighted by molar-refractivity contribution is 14.1. The number of carbonyl (C=O) groups excluding carboxylic acids is 3. The zero-order chi connectivity index (χ0) is 35.6. The van der Waals surface area contributed by atoms with Gasteiger partial charge < -0.3 is 29.9 Å². The summed E-state index contributed by atoms with van der Waals surface area (Å²) in [5.74, 6) is 1.93. The van der Waals surface area contributed by atoms with Crippen LogP contribution in [0.4, 0.5) is 0 Å². The Morgan fingerprint density at radius 1 is 1.08 bits per heavy atom. The Kier molecular flexibility index (Phi) is 15.3. The number of hydrogen-bond acceptors (Lipinski definition) is 7. The Labute approximate surface area is 307 Å². The molecule has 0 radical (unpaired) electrons. The number of amides is 2. The van der Waals surface area contributed by atoms with Crippen LogP contribution in [-0.4, -0.2) is 78.3 Å². The Morgan fingerprint density at radius 2 is 1.78 bits per heavy atom. The van der Waals surface area contributed by atoms with Crippen LogP contribution in [0.2, 0.25) is 0 Å². The third-order valence-electron chi connectivity index (χ3n) is 11.5. The molecule has 0 aliphatic heterocycles. The van der Waals surface area contributed by atoms with Gasteiger partial charge in [0.25, 0.3) is 0 Å². The van der Waals surface area contributed by atoms with E-state index < -0.39 is 18.2 Å². The number of rotatable bonds is 20. The van der Waals surface area contributed by atoms with Crippen molar-refractivity contribution in [1.82, 2.24) is 10.2 Å². The summed E-state index contributed by atoms with van der Waals surface area (Å²) < 4.78 is 12.6. The second-order valence-electron chi connectivity index (χ2n) is 15.0. The number of fused-ring (bicyclic) bond motifs is 2. The van der Waals surface area contributed by atoms with Gasteiger partial charge >= 0.3 is 0 Å². The SMILES string of the molecule is CCCCCCCCCCCC(=O)N(CC1CCC2CC1C2(C)C)C1CC(C(=O)NCCO)=CC(Oc2c(I)cc(C=O)cc2OC)C1O. The van der Waals surface area contributed by atoms with E-state index in [1.54, 1.807) is 18.2 Å². The Balaban J connectivity index is 1.57. The third-order valence-corrected chi connectivity index (χ3v) is 12.3. The number of carbonyl (C=O) groups is 3. The van der Waals surface area contributed by atoms with Crippen LogP contribution >= 0.6 is 22.6 Å². The van der Waals surface area contributed by atoms with E-state index in [9.17, 15) is 24.6 Å². The van der Waals surface area contributed by atoms with Crippen molar-refractivity contribution in [3.8, 4) is 11.5 Å². The Hall–Kier alpha value is -2.18. The minimum atomic E-state index is -1.11. The number of aldehydes is 1. The van der Waals surface area contributed by atoms with Gasteiger partial charge in [0.1, 0.15) is 18.5 Å². The lowest BCUT2D eigenvalue weighted by molar-refractivity contribution is -0.148. The lowest BCUT2D eigenvalue weighted by Gasteiger charge is -2.61. The molecule has 2 amide bonds. The molecule has 3 N–H and O–H groups in total. The van der Waals surface area contributed by atoms with Gasteiger partial charge in [-0.3, -0.25) is 14.4 Å². The number of nitrogens with zero attached hydrogens (tertiary/aromatic N) is 1. The number of aliphatic hydroxyl groups excluding tert-OH is 2. The average Bonchev–Trinajstić information content (AvgIpc) is 3.10. The predicted molar refractivity (Wildman–Crippen MR) is 200 cm³/mol. The third kappa shape index (κ3) is 10.00. The van der Waals surface area contributed by atoms with Crippen LogP contribution in [0.15, 0.2) is 23.8 Å². The van der Waals surface area contributed by atoms with E-state index in [-0.39, 0.29) is 36.8 Å². The monoisotopic (exact) mass is 794 g/mol. The summed E-state index contributed by atoms with van der Waals surface area (Å²) in [7, 11) is 1.49.